The van der Waals surface area contributed by atoms with Gasteiger partial charge in [-0.15, -0.1) is 11.3 Å². The molecule has 0 fully saturated rings. The maximum atomic E-state index is 13.0. The van der Waals surface area contributed by atoms with Crippen molar-refractivity contribution >= 4 is 33.3 Å². The van der Waals surface area contributed by atoms with Gasteiger partial charge in [0.05, 0.1) is 5.39 Å². The third-order valence-corrected chi connectivity index (χ3v) is 6.68. The Hall–Kier alpha value is -1.60. The second-order valence-electron chi connectivity index (χ2n) is 6.80. The van der Waals surface area contributed by atoms with Crippen LogP contribution in [0.5, 0.6) is 0 Å². The zero-order valence-corrected chi connectivity index (χ0v) is 17.5. The first-order valence-corrected chi connectivity index (χ1v) is 10.9. The number of rotatable bonds is 8. The van der Waals surface area contributed by atoms with Crippen LogP contribution in [0, 0.1) is 13.8 Å². The standard InChI is InChI=1S/C19H26N4OS2/c1-13(2)23-18(24)16-14(3)15(4)26-17(16)21-19(23)25-12-7-5-6-10-22-11-8-9-20-22/h8-9,11,13H,5-7,10,12H2,1-4H3. The van der Waals surface area contributed by atoms with Crippen molar-refractivity contribution in [2.24, 2.45) is 0 Å². The molecule has 0 amide bonds. The van der Waals surface area contributed by atoms with Crippen molar-refractivity contribution in [3.05, 3.63) is 39.3 Å². The van der Waals surface area contributed by atoms with Crippen LogP contribution < -0.4 is 5.56 Å². The van der Waals surface area contributed by atoms with Gasteiger partial charge >= 0.3 is 0 Å². The average Bonchev–Trinajstić information content (AvgIpc) is 3.19. The van der Waals surface area contributed by atoms with Gasteiger partial charge in [0, 0.05) is 35.6 Å². The van der Waals surface area contributed by atoms with Crippen molar-refractivity contribution in [3.8, 4) is 0 Å². The molecule has 26 heavy (non-hydrogen) atoms. The van der Waals surface area contributed by atoms with Crippen LogP contribution in [0.2, 0.25) is 0 Å². The quantitative estimate of drug-likeness (QED) is 0.314. The van der Waals surface area contributed by atoms with Gasteiger partial charge in [-0.05, 0) is 52.2 Å². The molecule has 0 unspecified atom stereocenters. The van der Waals surface area contributed by atoms with Gasteiger partial charge in [-0.1, -0.05) is 18.2 Å². The summed E-state index contributed by atoms with van der Waals surface area (Å²) in [7, 11) is 0. The first kappa shape index (κ1) is 19.2. The minimum atomic E-state index is 0.105. The van der Waals surface area contributed by atoms with Crippen LogP contribution in [0.1, 0.15) is 49.6 Å². The van der Waals surface area contributed by atoms with Gasteiger partial charge in [-0.2, -0.15) is 5.10 Å². The summed E-state index contributed by atoms with van der Waals surface area (Å²) in [6.07, 6.45) is 7.20. The predicted molar refractivity (Wildman–Crippen MR) is 111 cm³/mol. The van der Waals surface area contributed by atoms with E-state index in [4.69, 9.17) is 4.98 Å². The van der Waals surface area contributed by atoms with Gasteiger partial charge in [0.1, 0.15) is 4.83 Å². The Bertz CT molecular complexity index is 925. The smallest absolute Gasteiger partial charge is 0.263 e. The summed E-state index contributed by atoms with van der Waals surface area (Å²) >= 11 is 3.33. The molecule has 0 N–H and O–H groups in total. The van der Waals surface area contributed by atoms with Crippen molar-refractivity contribution in [1.29, 1.82) is 0 Å². The number of thiophene rings is 1. The number of fused-ring (bicyclic) bond motifs is 1. The van der Waals surface area contributed by atoms with Crippen LogP contribution in [-0.4, -0.2) is 25.1 Å². The number of thioether (sulfide) groups is 1. The van der Waals surface area contributed by atoms with Gasteiger partial charge < -0.3 is 0 Å². The summed E-state index contributed by atoms with van der Waals surface area (Å²) in [5.41, 5.74) is 1.18. The number of hydrogen-bond donors (Lipinski definition) is 0. The Balaban J connectivity index is 1.67. The molecule has 0 saturated heterocycles. The lowest BCUT2D eigenvalue weighted by Crippen LogP contribution is -2.25. The van der Waals surface area contributed by atoms with Crippen molar-refractivity contribution in [1.82, 2.24) is 19.3 Å². The Labute approximate surface area is 162 Å². The molecule has 0 bridgehead atoms. The van der Waals surface area contributed by atoms with E-state index in [1.165, 1.54) is 4.88 Å². The van der Waals surface area contributed by atoms with E-state index in [0.717, 1.165) is 52.5 Å². The Morgan fingerprint density at radius 3 is 2.73 bits per heavy atom. The molecule has 0 aliphatic carbocycles. The lowest BCUT2D eigenvalue weighted by molar-refractivity contribution is 0.518. The number of nitrogens with zero attached hydrogens (tertiary/aromatic N) is 4. The topological polar surface area (TPSA) is 52.7 Å². The van der Waals surface area contributed by atoms with Crippen LogP contribution in [0.15, 0.2) is 28.4 Å². The molecule has 0 aliphatic heterocycles. The lowest BCUT2D eigenvalue weighted by atomic mass is 10.2. The number of unbranched alkanes of at least 4 members (excludes halogenated alkanes) is 2. The summed E-state index contributed by atoms with van der Waals surface area (Å²) in [4.78, 5) is 19.9. The van der Waals surface area contributed by atoms with E-state index in [1.807, 2.05) is 34.6 Å². The molecule has 7 heteroatoms. The Morgan fingerprint density at radius 1 is 1.23 bits per heavy atom. The summed E-state index contributed by atoms with van der Waals surface area (Å²) < 4.78 is 3.83. The highest BCUT2D eigenvalue weighted by atomic mass is 32.2. The van der Waals surface area contributed by atoms with Gasteiger partial charge in [0.15, 0.2) is 5.16 Å². The predicted octanol–water partition coefficient (Wildman–Crippen LogP) is 4.81. The van der Waals surface area contributed by atoms with Crippen molar-refractivity contribution in [2.75, 3.05) is 5.75 Å². The van der Waals surface area contributed by atoms with Crippen molar-refractivity contribution in [2.45, 2.75) is 64.7 Å². The maximum absolute atomic E-state index is 13.0. The molecular weight excluding hydrogens is 364 g/mol. The molecule has 3 rings (SSSR count). The number of aromatic nitrogens is 4. The molecule has 3 aromatic rings. The second kappa shape index (κ2) is 8.39. The number of aryl methyl sites for hydroxylation is 3. The van der Waals surface area contributed by atoms with E-state index in [1.54, 1.807) is 23.1 Å². The molecule has 140 valence electrons. The minimum Gasteiger partial charge on any atom is -0.284 e. The zero-order valence-electron chi connectivity index (χ0n) is 15.9. The largest absolute Gasteiger partial charge is 0.284 e. The molecule has 5 nitrogen and oxygen atoms in total. The van der Waals surface area contributed by atoms with Gasteiger partial charge in [0.2, 0.25) is 0 Å². The highest BCUT2D eigenvalue weighted by molar-refractivity contribution is 7.99. The molecule has 3 heterocycles. The summed E-state index contributed by atoms with van der Waals surface area (Å²) in [6.45, 7) is 9.16. The first-order chi connectivity index (χ1) is 12.5. The highest BCUT2D eigenvalue weighted by Gasteiger charge is 2.18. The monoisotopic (exact) mass is 390 g/mol. The lowest BCUT2D eigenvalue weighted by Gasteiger charge is -2.15. The minimum absolute atomic E-state index is 0.105. The van der Waals surface area contributed by atoms with Crippen LogP contribution in [0.3, 0.4) is 0 Å². The zero-order chi connectivity index (χ0) is 18.7. The van der Waals surface area contributed by atoms with Gasteiger partial charge in [0.25, 0.3) is 5.56 Å². The molecule has 0 spiro atoms. The normalized spacial score (nSPS) is 11.7. The third kappa shape index (κ3) is 4.04. The maximum Gasteiger partial charge on any atom is 0.263 e. The van der Waals surface area contributed by atoms with E-state index >= 15 is 0 Å². The van der Waals surface area contributed by atoms with Crippen LogP contribution in [0.4, 0.5) is 0 Å². The Morgan fingerprint density at radius 2 is 2.04 bits per heavy atom. The molecule has 0 radical (unpaired) electrons. The molecule has 0 aliphatic rings. The SMILES string of the molecule is Cc1sc2nc(SCCCCCn3cccn3)n(C(C)C)c(=O)c2c1C. The van der Waals surface area contributed by atoms with E-state index < -0.39 is 0 Å². The number of hydrogen-bond acceptors (Lipinski definition) is 5. The van der Waals surface area contributed by atoms with Crippen molar-refractivity contribution in [3.63, 3.8) is 0 Å². The summed E-state index contributed by atoms with van der Waals surface area (Å²) in [6, 6.07) is 2.07. The van der Waals surface area contributed by atoms with Crippen LogP contribution in [-0.2, 0) is 6.54 Å². The second-order valence-corrected chi connectivity index (χ2v) is 9.07. The van der Waals surface area contributed by atoms with E-state index in [9.17, 15) is 4.79 Å². The fourth-order valence-electron chi connectivity index (χ4n) is 2.99. The van der Waals surface area contributed by atoms with Gasteiger partial charge in [-0.3, -0.25) is 14.0 Å². The van der Waals surface area contributed by atoms with E-state index in [2.05, 4.69) is 25.9 Å². The van der Waals surface area contributed by atoms with Crippen LogP contribution in [0.25, 0.3) is 10.2 Å². The fourth-order valence-corrected chi connectivity index (χ4v) is 5.19. The average molecular weight is 391 g/mol. The summed E-state index contributed by atoms with van der Waals surface area (Å²) in [5.74, 6) is 0.979. The van der Waals surface area contributed by atoms with Gasteiger partial charge in [-0.25, -0.2) is 4.98 Å². The Kier molecular flexibility index (Phi) is 6.19. The molecular formula is C19H26N4OS2. The first-order valence-electron chi connectivity index (χ1n) is 9.11. The molecule has 0 atom stereocenters. The summed E-state index contributed by atoms with van der Waals surface area (Å²) in [5, 5.41) is 5.87. The van der Waals surface area contributed by atoms with Crippen LogP contribution >= 0.6 is 23.1 Å². The van der Waals surface area contributed by atoms with Crippen molar-refractivity contribution < 1.29 is 0 Å². The molecule has 0 saturated carbocycles. The van der Waals surface area contributed by atoms with E-state index in [-0.39, 0.29) is 11.6 Å². The molecule has 0 aromatic carbocycles. The highest BCUT2D eigenvalue weighted by Crippen LogP contribution is 2.29. The fraction of sp³-hybridized carbons (Fsp3) is 0.526. The molecule has 3 aromatic heterocycles. The third-order valence-electron chi connectivity index (χ3n) is 4.54. The van der Waals surface area contributed by atoms with E-state index in [0.29, 0.717) is 0 Å².